The van der Waals surface area contributed by atoms with Gasteiger partial charge >= 0.3 is 0 Å². The number of nitrogens with zero attached hydrogens (tertiary/aromatic N) is 4. The second-order valence-electron chi connectivity index (χ2n) is 4.56. The Morgan fingerprint density at radius 1 is 1.25 bits per heavy atom. The standard InChI is InChI=1S/C12H24N5OS.BrH/c1-4-17(5-2,6-3)9-7-12(18)19-10-8-11-13-15-16-14-11;/h4-10H2,1-3H3,(H,13,14,15,16);1H/q+1;/p-1. The minimum absolute atomic E-state index is 0. The Morgan fingerprint density at radius 2 is 1.90 bits per heavy atom. The number of nitrogens with one attached hydrogen (secondary N) is 1. The molecule has 8 heteroatoms. The van der Waals surface area contributed by atoms with Gasteiger partial charge in [-0.3, -0.25) is 4.79 Å². The van der Waals surface area contributed by atoms with E-state index in [0.29, 0.717) is 18.7 Å². The lowest BCUT2D eigenvalue weighted by Crippen LogP contribution is -3.00. The van der Waals surface area contributed by atoms with Crippen LogP contribution in [0.25, 0.3) is 0 Å². The molecule has 0 spiro atoms. The lowest BCUT2D eigenvalue weighted by molar-refractivity contribution is -0.922. The first-order valence-corrected chi connectivity index (χ1v) is 7.87. The van der Waals surface area contributed by atoms with Crippen LogP contribution in [0.4, 0.5) is 0 Å². The fraction of sp³-hybridized carbons (Fsp3) is 0.833. The molecular formula is C12H24BrN5OS. The van der Waals surface area contributed by atoms with E-state index in [1.165, 1.54) is 11.8 Å². The molecule has 116 valence electrons. The van der Waals surface area contributed by atoms with Crippen LogP contribution in [0.1, 0.15) is 33.0 Å². The van der Waals surface area contributed by atoms with Gasteiger partial charge in [-0.25, -0.2) is 0 Å². The smallest absolute Gasteiger partial charge is 0.194 e. The molecule has 0 aliphatic rings. The first-order valence-electron chi connectivity index (χ1n) is 6.88. The number of halogens is 1. The summed E-state index contributed by atoms with van der Waals surface area (Å²) in [6.45, 7) is 10.8. The molecule has 0 aliphatic heterocycles. The van der Waals surface area contributed by atoms with E-state index in [-0.39, 0.29) is 22.1 Å². The number of carbonyl (C=O) groups excluding carboxylic acids is 1. The van der Waals surface area contributed by atoms with Crippen molar-refractivity contribution in [1.29, 1.82) is 0 Å². The molecule has 0 aliphatic carbocycles. The van der Waals surface area contributed by atoms with E-state index >= 15 is 0 Å². The number of quaternary nitrogens is 1. The summed E-state index contributed by atoms with van der Waals surface area (Å²) in [6, 6.07) is 0. The number of hydrogen-bond donors (Lipinski definition) is 1. The number of carbonyl (C=O) groups is 1. The van der Waals surface area contributed by atoms with Crippen molar-refractivity contribution in [1.82, 2.24) is 20.6 Å². The Hall–Kier alpha value is -0.470. The lowest BCUT2D eigenvalue weighted by Gasteiger charge is -2.35. The Morgan fingerprint density at radius 3 is 2.40 bits per heavy atom. The Labute approximate surface area is 135 Å². The molecule has 20 heavy (non-hydrogen) atoms. The molecule has 0 fully saturated rings. The maximum atomic E-state index is 11.9. The number of rotatable bonds is 9. The normalized spacial score (nSPS) is 11.2. The predicted molar refractivity (Wildman–Crippen MR) is 76.7 cm³/mol. The first-order chi connectivity index (χ1) is 9.15. The van der Waals surface area contributed by atoms with E-state index in [1.54, 1.807) is 0 Å². The third-order valence-corrected chi connectivity index (χ3v) is 4.72. The lowest BCUT2D eigenvalue weighted by atomic mass is 10.3. The van der Waals surface area contributed by atoms with Gasteiger partial charge < -0.3 is 21.5 Å². The number of hydrogen-bond acceptors (Lipinski definition) is 5. The van der Waals surface area contributed by atoms with Crippen LogP contribution in [0.5, 0.6) is 0 Å². The van der Waals surface area contributed by atoms with Crippen molar-refractivity contribution in [3.8, 4) is 0 Å². The van der Waals surface area contributed by atoms with Crippen LogP contribution in [0.3, 0.4) is 0 Å². The highest BCUT2D eigenvalue weighted by atomic mass is 79.9. The Kier molecular flexibility index (Phi) is 10.0. The summed E-state index contributed by atoms with van der Waals surface area (Å²) in [6.07, 6.45) is 1.33. The molecule has 0 atom stereocenters. The van der Waals surface area contributed by atoms with Gasteiger partial charge in [0.05, 0.1) is 32.6 Å². The van der Waals surface area contributed by atoms with Crippen molar-refractivity contribution in [3.05, 3.63) is 5.82 Å². The van der Waals surface area contributed by atoms with Gasteiger partial charge in [-0.1, -0.05) is 17.0 Å². The fourth-order valence-corrected chi connectivity index (χ4v) is 2.84. The molecule has 0 bridgehead atoms. The number of tetrazole rings is 1. The van der Waals surface area contributed by atoms with Crippen molar-refractivity contribution in [2.24, 2.45) is 0 Å². The Balaban J connectivity index is 0.00000361. The summed E-state index contributed by atoms with van der Waals surface area (Å²) < 4.78 is 1.02. The average molecular weight is 366 g/mol. The van der Waals surface area contributed by atoms with Gasteiger partial charge in [-0.05, 0) is 20.8 Å². The topological polar surface area (TPSA) is 71.5 Å². The van der Waals surface area contributed by atoms with Gasteiger partial charge in [0.25, 0.3) is 0 Å². The zero-order valence-electron chi connectivity index (χ0n) is 12.4. The molecule has 0 aromatic carbocycles. The second kappa shape index (κ2) is 10.3. The Bertz CT molecular complexity index is 362. The van der Waals surface area contributed by atoms with Gasteiger partial charge in [0.15, 0.2) is 10.9 Å². The van der Waals surface area contributed by atoms with Crippen LogP contribution in [-0.2, 0) is 11.2 Å². The molecule has 0 saturated carbocycles. The summed E-state index contributed by atoms with van der Waals surface area (Å²) in [5.74, 6) is 1.39. The largest absolute Gasteiger partial charge is 1.00 e. The molecule has 6 nitrogen and oxygen atoms in total. The minimum atomic E-state index is 0. The van der Waals surface area contributed by atoms with E-state index < -0.39 is 0 Å². The van der Waals surface area contributed by atoms with Crippen molar-refractivity contribution >= 4 is 16.9 Å². The molecule has 1 aromatic heterocycles. The van der Waals surface area contributed by atoms with Crippen LogP contribution in [0.2, 0.25) is 0 Å². The zero-order chi connectivity index (χ0) is 14.1. The van der Waals surface area contributed by atoms with Gasteiger partial charge in [-0.2, -0.15) is 5.21 Å². The van der Waals surface area contributed by atoms with Crippen molar-refractivity contribution in [2.45, 2.75) is 33.6 Å². The first kappa shape index (κ1) is 19.5. The quantitative estimate of drug-likeness (QED) is 0.526. The van der Waals surface area contributed by atoms with Gasteiger partial charge in [-0.15, -0.1) is 10.2 Å². The SMILES string of the molecule is CC[N+](CC)(CC)CCC(=O)SCCc1nn[nH]n1.[Br-]. The average Bonchev–Trinajstić information content (AvgIpc) is 2.94. The molecule has 1 N–H and O–H groups in total. The van der Waals surface area contributed by atoms with Crippen LogP contribution in [0.15, 0.2) is 0 Å². The van der Waals surface area contributed by atoms with Crippen LogP contribution < -0.4 is 17.0 Å². The minimum Gasteiger partial charge on any atom is -1.00 e. The molecule has 0 amide bonds. The highest BCUT2D eigenvalue weighted by Crippen LogP contribution is 2.12. The monoisotopic (exact) mass is 365 g/mol. The molecular weight excluding hydrogens is 342 g/mol. The predicted octanol–water partition coefficient (Wildman–Crippen LogP) is -1.73. The summed E-state index contributed by atoms with van der Waals surface area (Å²) in [5, 5.41) is 13.9. The summed E-state index contributed by atoms with van der Waals surface area (Å²) in [4.78, 5) is 11.9. The number of aromatic nitrogens is 4. The van der Waals surface area contributed by atoms with Gasteiger partial charge in [0.1, 0.15) is 0 Å². The maximum Gasteiger partial charge on any atom is 0.194 e. The van der Waals surface area contributed by atoms with Crippen LogP contribution in [0, 0.1) is 0 Å². The molecule has 1 rings (SSSR count). The summed E-state index contributed by atoms with van der Waals surface area (Å²) in [5.41, 5.74) is 0. The third-order valence-electron chi connectivity index (χ3n) is 3.78. The van der Waals surface area contributed by atoms with Gasteiger partial charge in [0.2, 0.25) is 0 Å². The number of aromatic amines is 1. The summed E-state index contributed by atoms with van der Waals surface area (Å²) in [7, 11) is 0. The van der Waals surface area contributed by atoms with Crippen LogP contribution in [-0.4, -0.2) is 62.2 Å². The van der Waals surface area contributed by atoms with E-state index in [2.05, 4.69) is 41.4 Å². The molecule has 0 radical (unpaired) electrons. The van der Waals surface area contributed by atoms with E-state index in [9.17, 15) is 4.79 Å². The van der Waals surface area contributed by atoms with Crippen molar-refractivity contribution in [2.75, 3.05) is 31.9 Å². The highest BCUT2D eigenvalue weighted by molar-refractivity contribution is 8.13. The van der Waals surface area contributed by atoms with Crippen LogP contribution >= 0.6 is 11.8 Å². The maximum absolute atomic E-state index is 11.9. The zero-order valence-corrected chi connectivity index (χ0v) is 14.8. The van der Waals surface area contributed by atoms with E-state index in [0.717, 1.165) is 36.4 Å². The molecule has 0 saturated heterocycles. The summed E-state index contributed by atoms with van der Waals surface area (Å²) >= 11 is 1.38. The van der Waals surface area contributed by atoms with Crippen molar-refractivity contribution in [3.63, 3.8) is 0 Å². The van der Waals surface area contributed by atoms with Gasteiger partial charge in [0, 0.05) is 12.2 Å². The number of aryl methyl sites for hydroxylation is 1. The van der Waals surface area contributed by atoms with E-state index in [1.807, 2.05) is 0 Å². The second-order valence-corrected chi connectivity index (χ2v) is 5.71. The highest BCUT2D eigenvalue weighted by Gasteiger charge is 2.21. The fourth-order valence-electron chi connectivity index (χ4n) is 2.09. The molecule has 1 heterocycles. The van der Waals surface area contributed by atoms with Crippen molar-refractivity contribution < 1.29 is 26.3 Å². The molecule has 1 aromatic rings. The third kappa shape index (κ3) is 6.32. The molecule has 0 unspecified atom stereocenters. The number of H-pyrrole nitrogens is 1. The number of thioether (sulfide) groups is 1. The van der Waals surface area contributed by atoms with E-state index in [4.69, 9.17) is 0 Å².